The maximum absolute atomic E-state index is 13.3. The monoisotopic (exact) mass is 418 g/mol. The van der Waals surface area contributed by atoms with Crippen LogP contribution in [0.4, 0.5) is 15.8 Å². The highest BCUT2D eigenvalue weighted by Crippen LogP contribution is 2.37. The second-order valence-electron chi connectivity index (χ2n) is 6.86. The third-order valence-electron chi connectivity index (χ3n) is 4.61. The fourth-order valence-corrected chi connectivity index (χ4v) is 3.97. The van der Waals surface area contributed by atoms with E-state index in [4.69, 9.17) is 0 Å². The maximum Gasteiger partial charge on any atom is 0.271 e. The number of anilines is 1. The zero-order chi connectivity index (χ0) is 21.1. The van der Waals surface area contributed by atoms with Gasteiger partial charge in [0.2, 0.25) is 0 Å². The lowest BCUT2D eigenvalue weighted by atomic mass is 10.1. The van der Waals surface area contributed by atoms with E-state index in [2.05, 4.69) is 4.99 Å². The predicted octanol–water partition coefficient (Wildman–Crippen LogP) is 5.44. The molecule has 1 aliphatic rings. The Hall–Kier alpha value is -3.22. The number of rotatable bonds is 4. The summed E-state index contributed by atoms with van der Waals surface area (Å²) in [6.07, 6.45) is 1.81. The lowest BCUT2D eigenvalue weighted by Crippen LogP contribution is -2.28. The number of nitrogens with zero attached hydrogens (tertiary/aromatic N) is 2. The first-order chi connectivity index (χ1) is 14.5. The Morgan fingerprint density at radius 1 is 1.00 bits per heavy atom. The van der Waals surface area contributed by atoms with Crippen molar-refractivity contribution in [2.75, 3.05) is 4.90 Å². The average molecular weight is 418 g/mol. The predicted molar refractivity (Wildman–Crippen MR) is 120 cm³/mol. The number of halogens is 1. The molecule has 1 N–H and O–H groups in total. The number of aliphatic hydroxyl groups is 1. The van der Waals surface area contributed by atoms with Crippen molar-refractivity contribution in [2.24, 2.45) is 4.99 Å². The molecule has 1 heterocycles. The van der Waals surface area contributed by atoms with Gasteiger partial charge in [-0.15, -0.1) is 0 Å². The van der Waals surface area contributed by atoms with Crippen LogP contribution in [0.25, 0.3) is 6.08 Å². The second kappa shape index (κ2) is 8.65. The van der Waals surface area contributed by atoms with Crippen LogP contribution in [0.15, 0.2) is 82.7 Å². The molecular weight excluding hydrogens is 399 g/mol. The number of aliphatic imine (C=N–C) groups is 1. The van der Waals surface area contributed by atoms with Gasteiger partial charge < -0.3 is 5.11 Å². The zero-order valence-corrected chi connectivity index (χ0v) is 17.1. The maximum atomic E-state index is 13.3. The smallest absolute Gasteiger partial charge is 0.271 e. The molecule has 4 rings (SSSR count). The molecule has 0 bridgehead atoms. The van der Waals surface area contributed by atoms with E-state index < -0.39 is 0 Å². The SMILES string of the molecule is Cc1ccc(N2C(=O)/C(=C/c3ccc(CO)cc3)S/C2=N\c2ccc(F)cc2)cc1. The van der Waals surface area contributed by atoms with Crippen LogP contribution < -0.4 is 4.90 Å². The Bertz CT molecular complexity index is 1120. The number of carbonyl (C=O) groups is 1. The summed E-state index contributed by atoms with van der Waals surface area (Å²) in [6, 6.07) is 20.9. The van der Waals surface area contributed by atoms with Crippen molar-refractivity contribution in [1.82, 2.24) is 0 Å². The molecule has 1 amide bonds. The van der Waals surface area contributed by atoms with E-state index in [9.17, 15) is 14.3 Å². The minimum Gasteiger partial charge on any atom is -0.392 e. The standard InChI is InChI=1S/C24H19FN2O2S/c1-16-2-12-21(13-3-16)27-23(29)22(14-17-4-6-18(15-28)7-5-17)30-24(27)26-20-10-8-19(25)9-11-20/h2-14,28H,15H2,1H3/b22-14-,26-24-. The number of carbonyl (C=O) groups excluding carboxylic acids is 1. The number of aliphatic hydroxyl groups excluding tert-OH is 1. The lowest BCUT2D eigenvalue weighted by Gasteiger charge is -2.16. The first-order valence-corrected chi connectivity index (χ1v) is 10.2. The summed E-state index contributed by atoms with van der Waals surface area (Å²) >= 11 is 1.27. The minimum atomic E-state index is -0.337. The number of thioether (sulfide) groups is 1. The Kier molecular flexibility index (Phi) is 5.79. The Morgan fingerprint density at radius 2 is 1.67 bits per heavy atom. The van der Waals surface area contributed by atoms with E-state index in [0.29, 0.717) is 15.8 Å². The molecule has 0 aromatic heterocycles. The summed E-state index contributed by atoms with van der Waals surface area (Å²) in [4.78, 5) is 19.9. The molecule has 1 saturated heterocycles. The van der Waals surface area contributed by atoms with E-state index in [0.717, 1.165) is 22.4 Å². The summed E-state index contributed by atoms with van der Waals surface area (Å²) in [7, 11) is 0. The van der Waals surface area contributed by atoms with Crippen LogP contribution in [0.2, 0.25) is 0 Å². The fraction of sp³-hybridized carbons (Fsp3) is 0.0833. The minimum absolute atomic E-state index is 0.0276. The number of aryl methyl sites for hydroxylation is 1. The molecule has 1 fully saturated rings. The molecule has 3 aromatic carbocycles. The third-order valence-corrected chi connectivity index (χ3v) is 5.58. The molecule has 0 spiro atoms. The molecule has 6 heteroatoms. The van der Waals surface area contributed by atoms with Crippen molar-refractivity contribution in [3.63, 3.8) is 0 Å². The van der Waals surface area contributed by atoms with Gasteiger partial charge in [-0.3, -0.25) is 9.69 Å². The topological polar surface area (TPSA) is 52.9 Å². The van der Waals surface area contributed by atoms with Crippen molar-refractivity contribution in [1.29, 1.82) is 0 Å². The Morgan fingerprint density at radius 3 is 2.30 bits per heavy atom. The normalized spacial score (nSPS) is 16.6. The van der Waals surface area contributed by atoms with Gasteiger partial charge in [0.25, 0.3) is 5.91 Å². The molecule has 0 saturated carbocycles. The molecule has 3 aromatic rings. The van der Waals surface area contributed by atoms with Gasteiger partial charge in [-0.25, -0.2) is 9.38 Å². The van der Waals surface area contributed by atoms with E-state index in [1.54, 1.807) is 17.0 Å². The third kappa shape index (κ3) is 4.35. The number of amides is 1. The van der Waals surface area contributed by atoms with Crippen molar-refractivity contribution >= 4 is 40.3 Å². The molecule has 150 valence electrons. The summed E-state index contributed by atoms with van der Waals surface area (Å²) < 4.78 is 13.3. The van der Waals surface area contributed by atoms with Crippen molar-refractivity contribution in [3.8, 4) is 0 Å². The summed E-state index contributed by atoms with van der Waals surface area (Å²) in [6.45, 7) is 1.96. The fourth-order valence-electron chi connectivity index (χ4n) is 2.97. The highest BCUT2D eigenvalue weighted by atomic mass is 32.2. The highest BCUT2D eigenvalue weighted by molar-refractivity contribution is 8.19. The molecular formula is C24H19FN2O2S. The lowest BCUT2D eigenvalue weighted by molar-refractivity contribution is -0.113. The molecule has 4 nitrogen and oxygen atoms in total. The summed E-state index contributed by atoms with van der Waals surface area (Å²) in [5.41, 5.74) is 4.04. The average Bonchev–Trinajstić information content (AvgIpc) is 3.05. The number of hydrogen-bond donors (Lipinski definition) is 1. The number of benzene rings is 3. The van der Waals surface area contributed by atoms with Gasteiger partial charge >= 0.3 is 0 Å². The van der Waals surface area contributed by atoms with Crippen LogP contribution in [0, 0.1) is 12.7 Å². The molecule has 0 unspecified atom stereocenters. The molecule has 0 aliphatic carbocycles. The van der Waals surface area contributed by atoms with Gasteiger partial charge in [-0.1, -0.05) is 42.0 Å². The molecule has 30 heavy (non-hydrogen) atoms. The van der Waals surface area contributed by atoms with Crippen molar-refractivity contribution < 1.29 is 14.3 Å². The van der Waals surface area contributed by atoms with E-state index >= 15 is 0 Å². The van der Waals surface area contributed by atoms with Gasteiger partial charge in [0.15, 0.2) is 5.17 Å². The molecule has 0 radical (unpaired) electrons. The quantitative estimate of drug-likeness (QED) is 0.575. The first-order valence-electron chi connectivity index (χ1n) is 9.38. The van der Waals surface area contributed by atoms with Gasteiger partial charge in [0.1, 0.15) is 5.82 Å². The number of amidine groups is 1. The van der Waals surface area contributed by atoms with Crippen LogP contribution in [0.3, 0.4) is 0 Å². The summed E-state index contributed by atoms with van der Waals surface area (Å²) in [5.74, 6) is -0.507. The van der Waals surface area contributed by atoms with E-state index in [1.165, 1.54) is 23.9 Å². The van der Waals surface area contributed by atoms with Crippen LogP contribution >= 0.6 is 11.8 Å². The van der Waals surface area contributed by atoms with Gasteiger partial charge in [-0.05, 0) is 72.3 Å². The second-order valence-corrected chi connectivity index (χ2v) is 7.87. The van der Waals surface area contributed by atoms with E-state index in [1.807, 2.05) is 61.5 Å². The molecule has 1 aliphatic heterocycles. The van der Waals surface area contributed by atoms with Gasteiger partial charge in [-0.2, -0.15) is 0 Å². The zero-order valence-electron chi connectivity index (χ0n) is 16.2. The van der Waals surface area contributed by atoms with Crippen LogP contribution in [0.1, 0.15) is 16.7 Å². The Labute approximate surface area is 178 Å². The van der Waals surface area contributed by atoms with Gasteiger partial charge in [0.05, 0.1) is 22.9 Å². The van der Waals surface area contributed by atoms with Crippen LogP contribution in [-0.4, -0.2) is 16.2 Å². The van der Waals surface area contributed by atoms with Crippen LogP contribution in [-0.2, 0) is 11.4 Å². The highest BCUT2D eigenvalue weighted by Gasteiger charge is 2.34. The Balaban J connectivity index is 1.74. The van der Waals surface area contributed by atoms with Crippen LogP contribution in [0.5, 0.6) is 0 Å². The largest absolute Gasteiger partial charge is 0.392 e. The summed E-state index contributed by atoms with van der Waals surface area (Å²) in [5, 5.41) is 9.72. The van der Waals surface area contributed by atoms with Crippen molar-refractivity contribution in [2.45, 2.75) is 13.5 Å². The van der Waals surface area contributed by atoms with Crippen molar-refractivity contribution in [3.05, 3.63) is 100 Å². The number of hydrogen-bond acceptors (Lipinski definition) is 4. The first kappa shape index (κ1) is 20.1. The van der Waals surface area contributed by atoms with E-state index in [-0.39, 0.29) is 18.3 Å². The van der Waals surface area contributed by atoms with Gasteiger partial charge in [0, 0.05) is 0 Å². The molecule has 0 atom stereocenters.